The summed E-state index contributed by atoms with van der Waals surface area (Å²) in [6, 6.07) is 10.6. The fourth-order valence-corrected chi connectivity index (χ4v) is 3.40. The molecule has 0 atom stereocenters. The highest BCUT2D eigenvalue weighted by atomic mass is 16.5. The van der Waals surface area contributed by atoms with Crippen molar-refractivity contribution in [1.82, 2.24) is 19.9 Å². The van der Waals surface area contributed by atoms with Crippen molar-refractivity contribution in [1.29, 1.82) is 0 Å². The van der Waals surface area contributed by atoms with E-state index in [1.165, 1.54) is 12.8 Å². The second kappa shape index (κ2) is 9.08. The summed E-state index contributed by atoms with van der Waals surface area (Å²) in [5.74, 6) is 1.38. The van der Waals surface area contributed by atoms with Crippen LogP contribution < -0.4 is 0 Å². The molecule has 0 bridgehead atoms. The molecule has 6 nitrogen and oxygen atoms in total. The summed E-state index contributed by atoms with van der Waals surface area (Å²) < 4.78 is 5.39. The molecule has 1 N–H and O–H groups in total. The Hall–Kier alpha value is -1.76. The molecule has 0 spiro atoms. The molecule has 1 aliphatic heterocycles. The number of hydrogen-bond donors (Lipinski definition) is 1. The monoisotopic (exact) mass is 344 g/mol. The molecule has 1 aromatic heterocycles. The Bertz CT molecular complexity index is 623. The van der Waals surface area contributed by atoms with E-state index in [1.54, 1.807) is 0 Å². The number of likely N-dealkylation sites (tertiary alicyclic amines) is 1. The molecule has 2 heterocycles. The third kappa shape index (κ3) is 5.11. The van der Waals surface area contributed by atoms with Crippen molar-refractivity contribution in [3.05, 3.63) is 36.2 Å². The van der Waals surface area contributed by atoms with E-state index in [0.717, 1.165) is 44.6 Å². The molecule has 0 aliphatic carbocycles. The van der Waals surface area contributed by atoms with Crippen molar-refractivity contribution >= 4 is 0 Å². The van der Waals surface area contributed by atoms with E-state index in [0.29, 0.717) is 17.8 Å². The first-order valence-electron chi connectivity index (χ1n) is 9.17. The van der Waals surface area contributed by atoms with Gasteiger partial charge in [-0.05, 0) is 39.4 Å². The quantitative estimate of drug-likeness (QED) is 0.791. The number of piperidine rings is 1. The second-order valence-electron chi connectivity index (χ2n) is 6.76. The largest absolute Gasteiger partial charge is 0.396 e. The van der Waals surface area contributed by atoms with Crippen LogP contribution in [0.1, 0.15) is 25.2 Å². The molecule has 0 saturated carbocycles. The van der Waals surface area contributed by atoms with E-state index in [9.17, 15) is 0 Å². The summed E-state index contributed by atoms with van der Waals surface area (Å²) in [4.78, 5) is 9.37. The van der Waals surface area contributed by atoms with E-state index in [4.69, 9.17) is 9.63 Å². The molecule has 1 fully saturated rings. The van der Waals surface area contributed by atoms with Gasteiger partial charge < -0.3 is 19.4 Å². The second-order valence-corrected chi connectivity index (χ2v) is 6.76. The summed E-state index contributed by atoms with van der Waals surface area (Å²) >= 11 is 0. The van der Waals surface area contributed by atoms with E-state index < -0.39 is 0 Å². The Morgan fingerprint density at radius 2 is 2.00 bits per heavy atom. The van der Waals surface area contributed by atoms with Gasteiger partial charge in [0, 0.05) is 37.7 Å². The van der Waals surface area contributed by atoms with Crippen molar-refractivity contribution in [2.24, 2.45) is 0 Å². The summed E-state index contributed by atoms with van der Waals surface area (Å²) in [6.07, 6.45) is 4.02. The van der Waals surface area contributed by atoms with Crippen LogP contribution in [0.4, 0.5) is 0 Å². The summed E-state index contributed by atoms with van der Waals surface area (Å²) in [5.41, 5.74) is 0.990. The topological polar surface area (TPSA) is 65.6 Å². The van der Waals surface area contributed by atoms with Gasteiger partial charge in [0.2, 0.25) is 11.7 Å². The molecule has 136 valence electrons. The van der Waals surface area contributed by atoms with Crippen LogP contribution in [0, 0.1) is 0 Å². The molecular weight excluding hydrogens is 316 g/mol. The summed E-state index contributed by atoms with van der Waals surface area (Å²) in [5, 5.41) is 13.0. The average Bonchev–Trinajstić information content (AvgIpc) is 3.14. The minimum absolute atomic E-state index is 0.276. The molecule has 25 heavy (non-hydrogen) atoms. The fraction of sp³-hybridized carbons (Fsp3) is 0.579. The van der Waals surface area contributed by atoms with Crippen molar-refractivity contribution < 1.29 is 9.63 Å². The highest BCUT2D eigenvalue weighted by Crippen LogP contribution is 2.17. The maximum Gasteiger partial charge on any atom is 0.228 e. The smallest absolute Gasteiger partial charge is 0.228 e. The summed E-state index contributed by atoms with van der Waals surface area (Å²) in [7, 11) is 2.17. The van der Waals surface area contributed by atoms with Crippen molar-refractivity contribution in [2.75, 3.05) is 39.8 Å². The Morgan fingerprint density at radius 3 is 2.72 bits per heavy atom. The van der Waals surface area contributed by atoms with Crippen molar-refractivity contribution in [2.45, 2.75) is 31.7 Å². The lowest BCUT2D eigenvalue weighted by atomic mass is 10.0. The lowest BCUT2D eigenvalue weighted by Gasteiger charge is -2.36. The zero-order valence-corrected chi connectivity index (χ0v) is 15.0. The van der Waals surface area contributed by atoms with Gasteiger partial charge >= 0.3 is 0 Å². The highest BCUT2D eigenvalue weighted by Gasteiger charge is 2.22. The molecule has 1 aliphatic rings. The van der Waals surface area contributed by atoms with Gasteiger partial charge in [-0.15, -0.1) is 0 Å². The predicted molar refractivity (Wildman–Crippen MR) is 97.2 cm³/mol. The highest BCUT2D eigenvalue weighted by molar-refractivity contribution is 5.53. The van der Waals surface area contributed by atoms with Crippen LogP contribution in [0.2, 0.25) is 0 Å². The Balaban J connectivity index is 1.42. The van der Waals surface area contributed by atoms with Crippen LogP contribution in [0.3, 0.4) is 0 Å². The van der Waals surface area contributed by atoms with Crippen LogP contribution in [0.15, 0.2) is 34.9 Å². The minimum atomic E-state index is 0.276. The number of rotatable bonds is 8. The molecule has 0 radical (unpaired) electrons. The molecular formula is C19H28N4O2. The fourth-order valence-electron chi connectivity index (χ4n) is 3.40. The van der Waals surface area contributed by atoms with Gasteiger partial charge in [-0.2, -0.15) is 4.98 Å². The molecule has 0 amide bonds. The Morgan fingerprint density at radius 1 is 1.24 bits per heavy atom. The van der Waals surface area contributed by atoms with Crippen LogP contribution in [-0.4, -0.2) is 70.9 Å². The van der Waals surface area contributed by atoms with Crippen molar-refractivity contribution in [3.8, 4) is 11.4 Å². The molecule has 0 unspecified atom stereocenters. The first-order chi connectivity index (χ1) is 12.3. The van der Waals surface area contributed by atoms with E-state index >= 15 is 0 Å². The van der Waals surface area contributed by atoms with Gasteiger partial charge in [-0.1, -0.05) is 35.5 Å². The minimum Gasteiger partial charge on any atom is -0.396 e. The van der Waals surface area contributed by atoms with Gasteiger partial charge in [0.25, 0.3) is 0 Å². The number of hydrogen-bond acceptors (Lipinski definition) is 6. The van der Waals surface area contributed by atoms with E-state index in [-0.39, 0.29) is 6.61 Å². The molecule has 6 heteroatoms. The first kappa shape index (κ1) is 18.0. The SMILES string of the molecule is CN(CCCO)C1CCN(CCc2nc(-c3ccccc3)no2)CC1. The Kier molecular flexibility index (Phi) is 6.55. The van der Waals surface area contributed by atoms with Crippen LogP contribution in [0.5, 0.6) is 0 Å². The van der Waals surface area contributed by atoms with Crippen LogP contribution >= 0.6 is 0 Å². The van der Waals surface area contributed by atoms with Gasteiger partial charge in [0.1, 0.15) is 0 Å². The van der Waals surface area contributed by atoms with Crippen LogP contribution in [0.25, 0.3) is 11.4 Å². The van der Waals surface area contributed by atoms with Gasteiger partial charge in [0.05, 0.1) is 0 Å². The Labute approximate surface area is 149 Å². The normalized spacial score (nSPS) is 16.6. The zero-order valence-electron chi connectivity index (χ0n) is 15.0. The number of aliphatic hydroxyl groups is 1. The van der Waals surface area contributed by atoms with E-state index in [2.05, 4.69) is 27.0 Å². The molecule has 2 aromatic rings. The predicted octanol–water partition coefficient (Wildman–Crippen LogP) is 2.06. The van der Waals surface area contributed by atoms with E-state index in [1.807, 2.05) is 30.3 Å². The third-order valence-corrected chi connectivity index (χ3v) is 4.99. The van der Waals surface area contributed by atoms with Gasteiger partial charge in [0.15, 0.2) is 0 Å². The third-order valence-electron chi connectivity index (χ3n) is 4.99. The average molecular weight is 344 g/mol. The molecule has 3 rings (SSSR count). The standard InChI is InChI=1S/C19H28N4O2/c1-22(11-5-15-24)17-8-12-23(13-9-17)14-10-18-20-19(21-25-18)16-6-3-2-4-7-16/h2-4,6-7,17,24H,5,8-15H2,1H3. The molecule has 1 saturated heterocycles. The van der Waals surface area contributed by atoms with Gasteiger partial charge in [-0.25, -0.2) is 0 Å². The lowest BCUT2D eigenvalue weighted by Crippen LogP contribution is -2.44. The number of aliphatic hydroxyl groups excluding tert-OH is 1. The molecule has 1 aromatic carbocycles. The van der Waals surface area contributed by atoms with Gasteiger partial charge in [-0.3, -0.25) is 0 Å². The van der Waals surface area contributed by atoms with Crippen molar-refractivity contribution in [3.63, 3.8) is 0 Å². The maximum absolute atomic E-state index is 8.95. The zero-order chi connectivity index (χ0) is 17.5. The number of aromatic nitrogens is 2. The number of nitrogens with zero attached hydrogens (tertiary/aromatic N) is 4. The lowest BCUT2D eigenvalue weighted by molar-refractivity contribution is 0.120. The van der Waals surface area contributed by atoms with Crippen LogP contribution in [-0.2, 0) is 6.42 Å². The summed E-state index contributed by atoms with van der Waals surface area (Å²) in [6.45, 7) is 4.43. The maximum atomic E-state index is 8.95. The first-order valence-corrected chi connectivity index (χ1v) is 9.17. The number of benzene rings is 1.